The van der Waals surface area contributed by atoms with E-state index in [1.807, 2.05) is 44.2 Å². The van der Waals surface area contributed by atoms with Gasteiger partial charge in [0.2, 0.25) is 11.8 Å². The number of ether oxygens (including phenoxy) is 1. The number of amides is 3. The molecule has 30 heavy (non-hydrogen) atoms. The predicted molar refractivity (Wildman–Crippen MR) is 116 cm³/mol. The summed E-state index contributed by atoms with van der Waals surface area (Å²) in [6.07, 6.45) is 1.01. The molecule has 0 aromatic heterocycles. The Morgan fingerprint density at radius 1 is 1.07 bits per heavy atom. The van der Waals surface area contributed by atoms with Crippen LogP contribution in [-0.2, 0) is 20.7 Å². The number of nitrogens with zero attached hydrogens (tertiary/aromatic N) is 1. The number of likely N-dealkylation sites (tertiary alicyclic amines) is 1. The van der Waals surface area contributed by atoms with Gasteiger partial charge < -0.3 is 20.3 Å². The van der Waals surface area contributed by atoms with Gasteiger partial charge in [0.15, 0.2) is 0 Å². The minimum Gasteiger partial charge on any atom is -0.444 e. The van der Waals surface area contributed by atoms with Gasteiger partial charge in [0.25, 0.3) is 0 Å². The van der Waals surface area contributed by atoms with Crippen LogP contribution in [0.25, 0.3) is 0 Å². The van der Waals surface area contributed by atoms with E-state index >= 15 is 0 Å². The van der Waals surface area contributed by atoms with Crippen molar-refractivity contribution < 1.29 is 19.1 Å². The average molecular weight is 418 g/mol. The van der Waals surface area contributed by atoms with Crippen LogP contribution < -0.4 is 10.6 Å². The molecular formula is C23H35N3O4. The molecular weight excluding hydrogens is 382 g/mol. The molecule has 3 amide bonds. The third-order valence-electron chi connectivity index (χ3n) is 4.88. The Labute approximate surface area is 179 Å². The number of hydrogen-bond donors (Lipinski definition) is 2. The third kappa shape index (κ3) is 7.69. The molecule has 2 rings (SSSR count). The summed E-state index contributed by atoms with van der Waals surface area (Å²) >= 11 is 0. The number of piperidine rings is 1. The number of carbonyl (C=O) groups excluding carboxylic acids is 3. The quantitative estimate of drug-likeness (QED) is 0.745. The molecule has 1 aliphatic heterocycles. The number of alkyl carbamates (subject to hydrolysis) is 1. The third-order valence-corrected chi connectivity index (χ3v) is 4.88. The van der Waals surface area contributed by atoms with Crippen molar-refractivity contribution in [2.75, 3.05) is 13.1 Å². The van der Waals surface area contributed by atoms with E-state index in [1.165, 1.54) is 0 Å². The van der Waals surface area contributed by atoms with Gasteiger partial charge in [0, 0.05) is 31.5 Å². The van der Waals surface area contributed by atoms with Gasteiger partial charge in [-0.2, -0.15) is 0 Å². The molecule has 0 radical (unpaired) electrons. The van der Waals surface area contributed by atoms with Crippen LogP contribution in [0.1, 0.15) is 53.0 Å². The molecule has 166 valence electrons. The molecule has 2 N–H and O–H groups in total. The first-order valence-corrected chi connectivity index (χ1v) is 10.7. The van der Waals surface area contributed by atoms with Gasteiger partial charge in [0.05, 0.1) is 0 Å². The summed E-state index contributed by atoms with van der Waals surface area (Å²) in [5.41, 5.74) is 0.310. The van der Waals surface area contributed by atoms with Crippen molar-refractivity contribution in [1.29, 1.82) is 0 Å². The number of hydrogen-bond acceptors (Lipinski definition) is 4. The van der Waals surface area contributed by atoms with E-state index in [0.29, 0.717) is 32.4 Å². The molecule has 0 aliphatic carbocycles. The zero-order valence-corrected chi connectivity index (χ0v) is 18.7. The summed E-state index contributed by atoms with van der Waals surface area (Å²) in [7, 11) is 0. The Morgan fingerprint density at radius 3 is 2.20 bits per heavy atom. The SMILES string of the molecule is CC(C)NC(=O)C1CCN(C(=O)C(Cc2ccccc2)NC(=O)OC(C)(C)C)CC1. The van der Waals surface area contributed by atoms with Crippen molar-refractivity contribution in [2.45, 2.75) is 71.6 Å². The van der Waals surface area contributed by atoms with E-state index in [-0.39, 0.29) is 23.8 Å². The van der Waals surface area contributed by atoms with Gasteiger partial charge in [-0.15, -0.1) is 0 Å². The zero-order valence-electron chi connectivity index (χ0n) is 18.7. The molecule has 1 heterocycles. The highest BCUT2D eigenvalue weighted by atomic mass is 16.6. The van der Waals surface area contributed by atoms with Crippen molar-refractivity contribution in [3.05, 3.63) is 35.9 Å². The van der Waals surface area contributed by atoms with Crippen molar-refractivity contribution in [3.63, 3.8) is 0 Å². The van der Waals surface area contributed by atoms with E-state index in [4.69, 9.17) is 4.74 Å². The Balaban J connectivity index is 2.03. The van der Waals surface area contributed by atoms with Gasteiger partial charge in [-0.1, -0.05) is 30.3 Å². The molecule has 0 bridgehead atoms. The van der Waals surface area contributed by atoms with Gasteiger partial charge in [-0.3, -0.25) is 9.59 Å². The van der Waals surface area contributed by atoms with Crippen LogP contribution in [0.15, 0.2) is 30.3 Å². The maximum absolute atomic E-state index is 13.2. The van der Waals surface area contributed by atoms with E-state index in [1.54, 1.807) is 25.7 Å². The Morgan fingerprint density at radius 2 is 1.67 bits per heavy atom. The topological polar surface area (TPSA) is 87.7 Å². The van der Waals surface area contributed by atoms with Gasteiger partial charge in [-0.05, 0) is 53.0 Å². The lowest BCUT2D eigenvalue weighted by atomic mass is 9.94. The lowest BCUT2D eigenvalue weighted by Gasteiger charge is -2.34. The number of carbonyl (C=O) groups is 3. The van der Waals surface area contributed by atoms with E-state index in [2.05, 4.69) is 10.6 Å². The first-order valence-electron chi connectivity index (χ1n) is 10.7. The standard InChI is InChI=1S/C23H35N3O4/c1-16(2)24-20(27)18-11-13-26(14-12-18)21(28)19(15-17-9-7-6-8-10-17)25-22(29)30-23(3,4)5/h6-10,16,18-19H,11-15H2,1-5H3,(H,24,27)(H,25,29). The van der Waals surface area contributed by atoms with Crippen LogP contribution in [0, 0.1) is 5.92 Å². The maximum atomic E-state index is 13.2. The molecule has 1 unspecified atom stereocenters. The summed E-state index contributed by atoms with van der Waals surface area (Å²) < 4.78 is 5.36. The molecule has 1 saturated heterocycles. The van der Waals surface area contributed by atoms with Crippen molar-refractivity contribution in [1.82, 2.24) is 15.5 Å². The second-order valence-electron chi connectivity index (χ2n) is 9.15. The average Bonchev–Trinajstić information content (AvgIpc) is 2.66. The smallest absolute Gasteiger partial charge is 0.408 e. The maximum Gasteiger partial charge on any atom is 0.408 e. The lowest BCUT2D eigenvalue weighted by Crippen LogP contribution is -2.53. The van der Waals surface area contributed by atoms with Crippen molar-refractivity contribution in [3.8, 4) is 0 Å². The predicted octanol–water partition coefficient (Wildman–Crippen LogP) is 2.89. The minimum atomic E-state index is -0.719. The van der Waals surface area contributed by atoms with Gasteiger partial charge in [0.1, 0.15) is 11.6 Å². The normalized spacial score (nSPS) is 16.1. The Bertz CT molecular complexity index is 720. The largest absolute Gasteiger partial charge is 0.444 e. The fourth-order valence-corrected chi connectivity index (χ4v) is 3.48. The highest BCUT2D eigenvalue weighted by molar-refractivity contribution is 5.86. The second kappa shape index (κ2) is 10.5. The fourth-order valence-electron chi connectivity index (χ4n) is 3.48. The van der Waals surface area contributed by atoms with E-state index in [9.17, 15) is 14.4 Å². The van der Waals surface area contributed by atoms with Crippen LogP contribution in [0.5, 0.6) is 0 Å². The van der Waals surface area contributed by atoms with Gasteiger partial charge >= 0.3 is 6.09 Å². The fraction of sp³-hybridized carbons (Fsp3) is 0.609. The summed E-state index contributed by atoms with van der Waals surface area (Å²) in [5.74, 6) is -0.180. The van der Waals surface area contributed by atoms with Crippen LogP contribution in [0.3, 0.4) is 0 Å². The summed E-state index contributed by atoms with van der Waals surface area (Å²) in [5, 5.41) is 5.69. The van der Waals surface area contributed by atoms with Crippen LogP contribution in [0.2, 0.25) is 0 Å². The van der Waals surface area contributed by atoms with Gasteiger partial charge in [-0.25, -0.2) is 4.79 Å². The number of benzene rings is 1. The number of nitrogens with one attached hydrogen (secondary N) is 2. The molecule has 1 fully saturated rings. The highest BCUT2D eigenvalue weighted by Crippen LogP contribution is 2.19. The molecule has 7 nitrogen and oxygen atoms in total. The van der Waals surface area contributed by atoms with Crippen molar-refractivity contribution >= 4 is 17.9 Å². The van der Waals surface area contributed by atoms with E-state index in [0.717, 1.165) is 5.56 Å². The molecule has 1 atom stereocenters. The first kappa shape index (κ1) is 23.7. The molecule has 7 heteroatoms. The van der Waals surface area contributed by atoms with E-state index < -0.39 is 17.7 Å². The molecule has 0 saturated carbocycles. The van der Waals surface area contributed by atoms with Crippen LogP contribution in [-0.4, -0.2) is 53.6 Å². The molecule has 1 aliphatic rings. The molecule has 1 aromatic rings. The number of rotatable bonds is 6. The Hall–Kier alpha value is -2.57. The highest BCUT2D eigenvalue weighted by Gasteiger charge is 2.32. The minimum absolute atomic E-state index is 0.0461. The lowest BCUT2D eigenvalue weighted by molar-refractivity contribution is -0.137. The zero-order chi connectivity index (χ0) is 22.3. The first-order chi connectivity index (χ1) is 14.0. The summed E-state index contributed by atoms with van der Waals surface area (Å²) in [6, 6.07) is 8.97. The van der Waals surface area contributed by atoms with Crippen molar-refractivity contribution in [2.24, 2.45) is 5.92 Å². The summed E-state index contributed by atoms with van der Waals surface area (Å²) in [4.78, 5) is 39.5. The summed E-state index contributed by atoms with van der Waals surface area (Å²) in [6.45, 7) is 10.2. The van der Waals surface area contributed by atoms with Crippen LogP contribution in [0.4, 0.5) is 4.79 Å². The van der Waals surface area contributed by atoms with Crippen LogP contribution >= 0.6 is 0 Å². The second-order valence-corrected chi connectivity index (χ2v) is 9.15. The molecule has 0 spiro atoms. The Kier molecular flexibility index (Phi) is 8.26. The monoisotopic (exact) mass is 417 g/mol. The molecule has 1 aromatic carbocycles.